The van der Waals surface area contributed by atoms with Gasteiger partial charge in [0.1, 0.15) is 0 Å². The van der Waals surface area contributed by atoms with Gasteiger partial charge in [0.2, 0.25) is 5.28 Å². The molecule has 6 heteroatoms. The second kappa shape index (κ2) is 3.78. The highest BCUT2D eigenvalue weighted by Crippen LogP contribution is 2.44. The van der Waals surface area contributed by atoms with Gasteiger partial charge >= 0.3 is 0 Å². The summed E-state index contributed by atoms with van der Waals surface area (Å²) in [6.07, 6.45) is 3.19. The van der Waals surface area contributed by atoms with Crippen LogP contribution in [0.15, 0.2) is 6.20 Å². The Bertz CT molecular complexity index is 452. The summed E-state index contributed by atoms with van der Waals surface area (Å²) in [5.74, 6) is -0.147. The number of aromatic nitrogens is 2. The maximum absolute atomic E-state index is 13.7. The van der Waals surface area contributed by atoms with E-state index in [9.17, 15) is 4.39 Å². The van der Waals surface area contributed by atoms with Gasteiger partial charge in [0.25, 0.3) is 0 Å². The summed E-state index contributed by atoms with van der Waals surface area (Å²) in [5.41, 5.74) is -0.0730. The molecule has 0 unspecified atom stereocenters. The van der Waals surface area contributed by atoms with Crippen molar-refractivity contribution in [3.8, 4) is 0 Å². The lowest BCUT2D eigenvalue weighted by molar-refractivity contribution is 0.00291. The van der Waals surface area contributed by atoms with Gasteiger partial charge in [-0.25, -0.2) is 9.37 Å². The first-order valence-corrected chi connectivity index (χ1v) is 6.06. The first kappa shape index (κ1) is 11.2. The Balaban J connectivity index is 1.93. The molecule has 1 saturated heterocycles. The molecular weight excluding hydrogens is 245 g/mol. The molecule has 3 rings (SSSR count). The molecule has 0 aromatic carbocycles. The highest BCUT2D eigenvalue weighted by molar-refractivity contribution is 6.28. The largest absolute Gasteiger partial charge is 0.371 e. The molecule has 1 aliphatic heterocycles. The lowest BCUT2D eigenvalue weighted by Crippen LogP contribution is -2.50. The Morgan fingerprint density at radius 1 is 1.59 bits per heavy atom. The van der Waals surface area contributed by atoms with Crippen LogP contribution in [0.4, 0.5) is 10.2 Å². The topological polar surface area (TPSA) is 38.2 Å². The van der Waals surface area contributed by atoms with Crippen LogP contribution in [0.5, 0.6) is 0 Å². The van der Waals surface area contributed by atoms with E-state index in [1.165, 1.54) is 0 Å². The molecule has 1 spiro atoms. The van der Waals surface area contributed by atoms with E-state index in [0.29, 0.717) is 13.2 Å². The summed E-state index contributed by atoms with van der Waals surface area (Å²) in [5, 5.41) is 0.0740. The first-order chi connectivity index (χ1) is 8.10. The molecule has 1 aromatic heterocycles. The predicted octanol–water partition coefficient (Wildman–Crippen LogP) is 2.03. The fraction of sp³-hybridized carbons (Fsp3) is 0.636. The normalized spacial score (nSPS) is 26.3. The van der Waals surface area contributed by atoms with Gasteiger partial charge in [0, 0.05) is 6.54 Å². The van der Waals surface area contributed by atoms with E-state index >= 15 is 0 Å². The number of morpholine rings is 1. The van der Waals surface area contributed by atoms with Crippen molar-refractivity contribution in [2.75, 3.05) is 18.1 Å². The Hall–Kier alpha value is -0.940. The van der Waals surface area contributed by atoms with E-state index in [-0.39, 0.29) is 22.7 Å². The van der Waals surface area contributed by atoms with Crippen molar-refractivity contribution in [3.05, 3.63) is 17.3 Å². The van der Waals surface area contributed by atoms with E-state index in [2.05, 4.69) is 9.97 Å². The molecule has 0 radical (unpaired) electrons. The number of hydrogen-bond acceptors (Lipinski definition) is 4. The molecule has 2 heterocycles. The second-order valence-corrected chi connectivity index (χ2v) is 5.12. The zero-order valence-electron chi connectivity index (χ0n) is 9.49. The zero-order valence-corrected chi connectivity index (χ0v) is 10.2. The van der Waals surface area contributed by atoms with Gasteiger partial charge < -0.3 is 9.64 Å². The van der Waals surface area contributed by atoms with Crippen molar-refractivity contribution in [2.45, 2.75) is 31.4 Å². The van der Waals surface area contributed by atoms with Crippen LogP contribution in [0.1, 0.15) is 19.8 Å². The summed E-state index contributed by atoms with van der Waals surface area (Å²) in [6.45, 7) is 3.27. The minimum absolute atomic E-state index is 0.0730. The number of anilines is 1. The van der Waals surface area contributed by atoms with Gasteiger partial charge in [-0.3, -0.25) is 0 Å². The minimum atomic E-state index is -0.432. The van der Waals surface area contributed by atoms with Gasteiger partial charge in [-0.2, -0.15) is 4.98 Å². The predicted molar refractivity (Wildman–Crippen MR) is 61.7 cm³/mol. The highest BCUT2D eigenvalue weighted by Gasteiger charge is 2.49. The molecule has 1 aliphatic carbocycles. The van der Waals surface area contributed by atoms with Crippen molar-refractivity contribution >= 4 is 17.4 Å². The monoisotopic (exact) mass is 257 g/mol. The van der Waals surface area contributed by atoms with Gasteiger partial charge in [0.05, 0.1) is 24.4 Å². The summed E-state index contributed by atoms with van der Waals surface area (Å²) in [7, 11) is 0. The number of hydrogen-bond donors (Lipinski definition) is 0. The Labute approximate surface area is 104 Å². The van der Waals surface area contributed by atoms with Crippen molar-refractivity contribution in [1.82, 2.24) is 9.97 Å². The molecule has 0 amide bonds. The number of halogens is 2. The summed E-state index contributed by atoms with van der Waals surface area (Å²) < 4.78 is 19.5. The number of nitrogens with zero attached hydrogens (tertiary/aromatic N) is 3. The Kier molecular flexibility index (Phi) is 2.48. The van der Waals surface area contributed by atoms with Crippen LogP contribution in [0, 0.1) is 5.82 Å². The van der Waals surface area contributed by atoms with Crippen LogP contribution < -0.4 is 4.90 Å². The fourth-order valence-corrected chi connectivity index (χ4v) is 2.29. The van der Waals surface area contributed by atoms with Gasteiger partial charge in [-0.1, -0.05) is 0 Å². The van der Waals surface area contributed by atoms with Crippen LogP contribution in [0.3, 0.4) is 0 Å². The smallest absolute Gasteiger partial charge is 0.224 e. The quantitative estimate of drug-likeness (QED) is 0.722. The standard InChI is InChI=1S/C11H13ClFN3O/c1-7-5-17-11(2-3-11)6-16(7)9-8(13)4-14-10(12)15-9/h4,7H,2-3,5-6H2,1H3/t7-/m0/s1. The lowest BCUT2D eigenvalue weighted by Gasteiger charge is -2.39. The molecule has 1 atom stereocenters. The number of ether oxygens (including phenoxy) is 1. The first-order valence-electron chi connectivity index (χ1n) is 5.68. The number of rotatable bonds is 1. The van der Waals surface area contributed by atoms with Gasteiger partial charge in [0.15, 0.2) is 11.6 Å². The van der Waals surface area contributed by atoms with Crippen LogP contribution in [0.2, 0.25) is 5.28 Å². The molecular formula is C11H13ClFN3O. The van der Waals surface area contributed by atoms with E-state index in [4.69, 9.17) is 16.3 Å². The minimum Gasteiger partial charge on any atom is -0.371 e. The average Bonchev–Trinajstić information content (AvgIpc) is 3.06. The maximum atomic E-state index is 13.7. The van der Waals surface area contributed by atoms with Crippen molar-refractivity contribution < 1.29 is 9.13 Å². The van der Waals surface area contributed by atoms with Crippen molar-refractivity contribution in [2.24, 2.45) is 0 Å². The molecule has 0 N–H and O–H groups in total. The molecule has 2 aliphatic rings. The summed E-state index contributed by atoms with van der Waals surface area (Å²) >= 11 is 5.72. The van der Waals surface area contributed by atoms with Crippen LogP contribution in [0.25, 0.3) is 0 Å². The maximum Gasteiger partial charge on any atom is 0.224 e. The van der Waals surface area contributed by atoms with Crippen molar-refractivity contribution in [1.29, 1.82) is 0 Å². The molecule has 92 valence electrons. The van der Waals surface area contributed by atoms with Crippen LogP contribution in [-0.4, -0.2) is 34.8 Å². The molecule has 1 saturated carbocycles. The summed E-state index contributed by atoms with van der Waals surface area (Å²) in [4.78, 5) is 9.55. The fourth-order valence-electron chi connectivity index (χ4n) is 2.16. The molecule has 2 fully saturated rings. The highest BCUT2D eigenvalue weighted by atomic mass is 35.5. The third-order valence-corrected chi connectivity index (χ3v) is 3.58. The Morgan fingerprint density at radius 2 is 2.35 bits per heavy atom. The third-order valence-electron chi connectivity index (χ3n) is 3.40. The van der Waals surface area contributed by atoms with Crippen LogP contribution in [-0.2, 0) is 4.74 Å². The summed E-state index contributed by atoms with van der Waals surface area (Å²) in [6, 6.07) is 0.0988. The van der Waals surface area contributed by atoms with Crippen LogP contribution >= 0.6 is 11.6 Å². The third kappa shape index (κ3) is 1.98. The van der Waals surface area contributed by atoms with Gasteiger partial charge in [-0.05, 0) is 31.4 Å². The molecule has 1 aromatic rings. The van der Waals surface area contributed by atoms with E-state index in [1.54, 1.807) is 0 Å². The van der Waals surface area contributed by atoms with E-state index in [0.717, 1.165) is 19.0 Å². The zero-order chi connectivity index (χ0) is 12.0. The SMILES string of the molecule is C[C@H]1COC2(CC2)CN1c1nc(Cl)ncc1F. The van der Waals surface area contributed by atoms with E-state index < -0.39 is 5.82 Å². The molecule has 4 nitrogen and oxygen atoms in total. The van der Waals surface area contributed by atoms with Crippen molar-refractivity contribution in [3.63, 3.8) is 0 Å². The average molecular weight is 258 g/mol. The molecule has 0 bridgehead atoms. The van der Waals surface area contributed by atoms with E-state index in [1.807, 2.05) is 11.8 Å². The Morgan fingerprint density at radius 3 is 3.06 bits per heavy atom. The molecule has 17 heavy (non-hydrogen) atoms. The van der Waals surface area contributed by atoms with Gasteiger partial charge in [-0.15, -0.1) is 0 Å². The second-order valence-electron chi connectivity index (χ2n) is 4.78. The lowest BCUT2D eigenvalue weighted by atomic mass is 10.2.